The lowest BCUT2D eigenvalue weighted by Gasteiger charge is -2.02. The van der Waals surface area contributed by atoms with Crippen molar-refractivity contribution in [3.05, 3.63) is 70.3 Å². The first-order chi connectivity index (χ1) is 11.1. The minimum atomic E-state index is -0.787. The van der Waals surface area contributed by atoms with Crippen LogP contribution < -0.4 is 0 Å². The quantitative estimate of drug-likeness (QED) is 0.644. The van der Waals surface area contributed by atoms with Gasteiger partial charge >= 0.3 is 5.97 Å². The van der Waals surface area contributed by atoms with Crippen LogP contribution >= 0.6 is 15.9 Å². The van der Waals surface area contributed by atoms with Crippen LogP contribution in [0.4, 0.5) is 4.39 Å². The largest absolute Gasteiger partial charge is 0.452 e. The van der Waals surface area contributed by atoms with Gasteiger partial charge in [0.2, 0.25) is 5.82 Å². The number of carbonyl (C=O) groups excluding carboxylic acids is 1. The SMILES string of the molecule is O=C(OCc1nc(-c2cccc(Br)c2)no1)c1ccccc1F. The third kappa shape index (κ3) is 3.62. The molecule has 0 aliphatic carbocycles. The van der Waals surface area contributed by atoms with Crippen LogP contribution in [0.25, 0.3) is 11.4 Å². The Morgan fingerprint density at radius 3 is 2.83 bits per heavy atom. The van der Waals surface area contributed by atoms with Gasteiger partial charge in [-0.3, -0.25) is 0 Å². The molecule has 0 aliphatic rings. The fourth-order valence-electron chi connectivity index (χ4n) is 1.89. The van der Waals surface area contributed by atoms with Crippen molar-refractivity contribution in [2.24, 2.45) is 0 Å². The molecule has 0 radical (unpaired) electrons. The highest BCUT2D eigenvalue weighted by molar-refractivity contribution is 9.10. The normalized spacial score (nSPS) is 10.5. The van der Waals surface area contributed by atoms with Gasteiger partial charge in [-0.25, -0.2) is 9.18 Å². The molecule has 5 nitrogen and oxygen atoms in total. The van der Waals surface area contributed by atoms with Gasteiger partial charge in [-0.1, -0.05) is 45.4 Å². The monoisotopic (exact) mass is 376 g/mol. The number of halogens is 2. The molecule has 0 N–H and O–H groups in total. The highest BCUT2D eigenvalue weighted by atomic mass is 79.9. The van der Waals surface area contributed by atoms with Crippen LogP contribution in [-0.2, 0) is 11.3 Å². The first-order valence-electron chi connectivity index (χ1n) is 6.63. The van der Waals surface area contributed by atoms with E-state index in [-0.39, 0.29) is 18.1 Å². The highest BCUT2D eigenvalue weighted by Gasteiger charge is 2.15. The maximum Gasteiger partial charge on any atom is 0.341 e. The maximum atomic E-state index is 13.5. The summed E-state index contributed by atoms with van der Waals surface area (Å²) in [5.41, 5.74) is 0.619. The predicted molar refractivity (Wildman–Crippen MR) is 83.0 cm³/mol. The Balaban J connectivity index is 1.68. The molecular weight excluding hydrogens is 367 g/mol. The molecule has 23 heavy (non-hydrogen) atoms. The van der Waals surface area contributed by atoms with Gasteiger partial charge in [0.25, 0.3) is 5.89 Å². The molecule has 0 unspecified atom stereocenters. The Labute approximate surface area is 139 Å². The lowest BCUT2D eigenvalue weighted by Crippen LogP contribution is -2.07. The number of rotatable bonds is 4. The van der Waals surface area contributed by atoms with Crippen molar-refractivity contribution in [2.45, 2.75) is 6.61 Å². The van der Waals surface area contributed by atoms with Crippen LogP contribution in [0.15, 0.2) is 57.5 Å². The summed E-state index contributed by atoms with van der Waals surface area (Å²) >= 11 is 3.36. The molecule has 0 saturated heterocycles. The van der Waals surface area contributed by atoms with Gasteiger partial charge in [0, 0.05) is 10.0 Å². The summed E-state index contributed by atoms with van der Waals surface area (Å²) in [6.07, 6.45) is 0. The highest BCUT2D eigenvalue weighted by Crippen LogP contribution is 2.20. The number of esters is 1. The molecule has 0 spiro atoms. The number of nitrogens with zero attached hydrogens (tertiary/aromatic N) is 2. The third-order valence-corrected chi connectivity index (χ3v) is 3.46. The summed E-state index contributed by atoms with van der Waals surface area (Å²) in [5.74, 6) is -0.920. The molecule has 0 bridgehead atoms. The van der Waals surface area contributed by atoms with Crippen LogP contribution in [-0.4, -0.2) is 16.1 Å². The van der Waals surface area contributed by atoms with Crippen molar-refractivity contribution in [1.29, 1.82) is 0 Å². The Kier molecular flexibility index (Phi) is 4.47. The van der Waals surface area contributed by atoms with Crippen molar-refractivity contribution in [2.75, 3.05) is 0 Å². The van der Waals surface area contributed by atoms with Gasteiger partial charge in [0.05, 0.1) is 5.56 Å². The smallest absolute Gasteiger partial charge is 0.341 e. The van der Waals surface area contributed by atoms with E-state index in [1.165, 1.54) is 18.2 Å². The molecular formula is C16H10BrFN2O3. The molecule has 0 atom stereocenters. The molecule has 2 aromatic carbocycles. The van der Waals surface area contributed by atoms with Crippen LogP contribution in [0.5, 0.6) is 0 Å². The second-order valence-corrected chi connectivity index (χ2v) is 5.49. The molecule has 0 amide bonds. The average molecular weight is 377 g/mol. The summed E-state index contributed by atoms with van der Waals surface area (Å²) in [7, 11) is 0. The fourth-order valence-corrected chi connectivity index (χ4v) is 2.29. The van der Waals surface area contributed by atoms with Crippen molar-refractivity contribution in [3.63, 3.8) is 0 Å². The maximum absolute atomic E-state index is 13.5. The summed E-state index contributed by atoms with van der Waals surface area (Å²) in [5, 5.41) is 3.82. The van der Waals surface area contributed by atoms with Crippen molar-refractivity contribution in [1.82, 2.24) is 10.1 Å². The number of ether oxygens (including phenoxy) is 1. The minimum absolute atomic E-state index is 0.129. The van der Waals surface area contributed by atoms with E-state index < -0.39 is 11.8 Å². The predicted octanol–water partition coefficient (Wildman–Crippen LogP) is 4.00. The molecule has 1 heterocycles. The number of carbonyl (C=O) groups is 1. The Morgan fingerprint density at radius 1 is 1.22 bits per heavy atom. The van der Waals surface area contributed by atoms with Gasteiger partial charge in [-0.05, 0) is 24.3 Å². The Bertz CT molecular complexity index is 851. The Morgan fingerprint density at radius 2 is 2.04 bits per heavy atom. The summed E-state index contributed by atoms with van der Waals surface area (Å²) in [6.45, 7) is -0.228. The van der Waals surface area contributed by atoms with E-state index in [1.807, 2.05) is 24.3 Å². The number of benzene rings is 2. The molecule has 0 fully saturated rings. The van der Waals surface area contributed by atoms with E-state index in [0.29, 0.717) is 5.82 Å². The third-order valence-electron chi connectivity index (χ3n) is 2.97. The summed E-state index contributed by atoms with van der Waals surface area (Å²) in [4.78, 5) is 15.9. The Hall–Kier alpha value is -2.54. The topological polar surface area (TPSA) is 65.2 Å². The van der Waals surface area contributed by atoms with Gasteiger partial charge in [0.1, 0.15) is 5.82 Å². The molecule has 116 valence electrons. The molecule has 7 heteroatoms. The van der Waals surface area contributed by atoms with E-state index in [1.54, 1.807) is 6.07 Å². The first-order valence-corrected chi connectivity index (χ1v) is 7.43. The van der Waals surface area contributed by atoms with Gasteiger partial charge in [-0.15, -0.1) is 0 Å². The lowest BCUT2D eigenvalue weighted by atomic mass is 10.2. The molecule has 1 aromatic heterocycles. The average Bonchev–Trinajstić information content (AvgIpc) is 3.02. The van der Waals surface area contributed by atoms with Crippen molar-refractivity contribution in [3.8, 4) is 11.4 Å². The minimum Gasteiger partial charge on any atom is -0.452 e. The van der Waals surface area contributed by atoms with Crippen LogP contribution in [0, 0.1) is 5.82 Å². The van der Waals surface area contributed by atoms with E-state index >= 15 is 0 Å². The van der Waals surface area contributed by atoms with E-state index in [0.717, 1.165) is 10.0 Å². The van der Waals surface area contributed by atoms with E-state index in [4.69, 9.17) is 9.26 Å². The second kappa shape index (κ2) is 6.70. The number of hydrogen-bond donors (Lipinski definition) is 0. The van der Waals surface area contributed by atoms with Crippen molar-refractivity contribution >= 4 is 21.9 Å². The molecule has 3 rings (SSSR count). The van der Waals surface area contributed by atoms with Crippen LogP contribution in [0.1, 0.15) is 16.2 Å². The summed E-state index contributed by atoms with van der Waals surface area (Å²) in [6, 6.07) is 13.0. The molecule has 3 aromatic rings. The van der Waals surface area contributed by atoms with E-state index in [2.05, 4.69) is 26.1 Å². The zero-order chi connectivity index (χ0) is 16.2. The second-order valence-electron chi connectivity index (χ2n) is 4.58. The van der Waals surface area contributed by atoms with Crippen LogP contribution in [0.2, 0.25) is 0 Å². The zero-order valence-electron chi connectivity index (χ0n) is 11.7. The zero-order valence-corrected chi connectivity index (χ0v) is 13.3. The molecule has 0 aliphatic heterocycles. The van der Waals surface area contributed by atoms with Crippen LogP contribution in [0.3, 0.4) is 0 Å². The van der Waals surface area contributed by atoms with Crippen molar-refractivity contribution < 1.29 is 18.4 Å². The summed E-state index contributed by atoms with van der Waals surface area (Å²) < 4.78 is 24.4. The van der Waals surface area contributed by atoms with Gasteiger partial charge in [-0.2, -0.15) is 4.98 Å². The number of aromatic nitrogens is 2. The van der Waals surface area contributed by atoms with E-state index in [9.17, 15) is 9.18 Å². The first kappa shape index (κ1) is 15.4. The van der Waals surface area contributed by atoms with Gasteiger partial charge < -0.3 is 9.26 Å². The number of hydrogen-bond acceptors (Lipinski definition) is 5. The van der Waals surface area contributed by atoms with Gasteiger partial charge in [0.15, 0.2) is 6.61 Å². The lowest BCUT2D eigenvalue weighted by molar-refractivity contribution is 0.0424. The standard InChI is InChI=1S/C16H10BrFN2O3/c17-11-5-3-4-10(8-11)15-19-14(23-20-15)9-22-16(21)12-6-1-2-7-13(12)18/h1-8H,9H2. The molecule has 0 saturated carbocycles. The fraction of sp³-hybridized carbons (Fsp3) is 0.0625.